The van der Waals surface area contributed by atoms with Crippen LogP contribution in [0.4, 0.5) is 0 Å². The van der Waals surface area contributed by atoms with Crippen LogP contribution in [0.25, 0.3) is 32.6 Å². The number of aromatic nitrogens is 1. The zero-order chi connectivity index (χ0) is 21.5. The van der Waals surface area contributed by atoms with Gasteiger partial charge in [-0.1, -0.05) is 44.2 Å². The smallest absolute Gasteiger partial charge is 0.262 e. The molecule has 0 radical (unpaired) electrons. The summed E-state index contributed by atoms with van der Waals surface area (Å²) in [6.45, 7) is 7.52. The lowest BCUT2D eigenvalue weighted by Gasteiger charge is -2.20. The Bertz CT molecular complexity index is 1340. The molecule has 0 spiro atoms. The number of rotatable bonds is 6. The van der Waals surface area contributed by atoms with Crippen LogP contribution in [0.2, 0.25) is 0 Å². The number of hydrogen-bond donors (Lipinski definition) is 0. The molecule has 31 heavy (non-hydrogen) atoms. The number of benzene rings is 3. The lowest BCUT2D eigenvalue weighted by atomic mass is 9.97. The fourth-order valence-electron chi connectivity index (χ4n) is 4.64. The van der Waals surface area contributed by atoms with Gasteiger partial charge in [0.05, 0.1) is 22.2 Å². The van der Waals surface area contributed by atoms with Gasteiger partial charge in [-0.3, -0.25) is 14.5 Å². The Balaban J connectivity index is 1.55. The first-order valence-corrected chi connectivity index (χ1v) is 11.0. The van der Waals surface area contributed by atoms with Gasteiger partial charge in [0.1, 0.15) is 0 Å². The summed E-state index contributed by atoms with van der Waals surface area (Å²) in [4.78, 5) is 34.7. The normalized spacial score (nSPS) is 13.8. The maximum atomic E-state index is 13.3. The predicted octanol–water partition coefficient (Wildman–Crippen LogP) is 4.87. The molecule has 0 saturated carbocycles. The van der Waals surface area contributed by atoms with Gasteiger partial charge < -0.3 is 4.90 Å². The first kappa shape index (κ1) is 19.6. The van der Waals surface area contributed by atoms with Crippen LogP contribution < -0.4 is 0 Å². The molecule has 1 aromatic heterocycles. The van der Waals surface area contributed by atoms with Gasteiger partial charge in [0.2, 0.25) is 0 Å². The average Bonchev–Trinajstić information content (AvgIpc) is 3.05. The van der Waals surface area contributed by atoms with E-state index in [1.54, 1.807) is 6.07 Å². The zero-order valence-electron chi connectivity index (χ0n) is 17.9. The lowest BCUT2D eigenvalue weighted by molar-refractivity contribution is 0.0648. The third kappa shape index (κ3) is 3.17. The van der Waals surface area contributed by atoms with Crippen LogP contribution in [-0.2, 0) is 0 Å². The van der Waals surface area contributed by atoms with Crippen LogP contribution in [-0.4, -0.2) is 52.8 Å². The lowest BCUT2D eigenvalue weighted by Crippen LogP contribution is -2.33. The first-order valence-electron chi connectivity index (χ1n) is 11.0. The molecular formula is C26H25N3O2. The number of amides is 2. The third-order valence-corrected chi connectivity index (χ3v) is 6.38. The van der Waals surface area contributed by atoms with E-state index in [1.165, 1.54) is 4.90 Å². The molecule has 2 amide bonds. The van der Waals surface area contributed by atoms with E-state index in [-0.39, 0.29) is 11.8 Å². The Morgan fingerprint density at radius 2 is 1.61 bits per heavy atom. The molecule has 5 heteroatoms. The fraction of sp³-hybridized carbons (Fsp3) is 0.269. The molecule has 0 atom stereocenters. The maximum absolute atomic E-state index is 13.3. The van der Waals surface area contributed by atoms with Crippen molar-refractivity contribution in [2.45, 2.75) is 20.3 Å². The summed E-state index contributed by atoms with van der Waals surface area (Å²) in [6.07, 6.45) is 0.782. The SMILES string of the molecule is CCN(CC)CCCN1C(=O)c2ccc3c(ccc4nc5ccccc5cc43)c2C1=O. The van der Waals surface area contributed by atoms with Gasteiger partial charge in [0.25, 0.3) is 11.8 Å². The monoisotopic (exact) mass is 411 g/mol. The number of nitrogens with zero attached hydrogens (tertiary/aromatic N) is 3. The van der Waals surface area contributed by atoms with E-state index in [2.05, 4.69) is 24.8 Å². The summed E-state index contributed by atoms with van der Waals surface area (Å²) in [6, 6.07) is 17.8. The van der Waals surface area contributed by atoms with E-state index >= 15 is 0 Å². The Morgan fingerprint density at radius 3 is 2.42 bits per heavy atom. The minimum Gasteiger partial charge on any atom is -0.304 e. The van der Waals surface area contributed by atoms with E-state index in [0.29, 0.717) is 17.7 Å². The van der Waals surface area contributed by atoms with Crippen LogP contribution in [0.15, 0.2) is 54.6 Å². The number of carbonyl (C=O) groups is 2. The van der Waals surface area contributed by atoms with Crippen molar-refractivity contribution in [2.24, 2.45) is 0 Å². The molecule has 0 N–H and O–H groups in total. The second-order valence-electron chi connectivity index (χ2n) is 8.04. The largest absolute Gasteiger partial charge is 0.304 e. The summed E-state index contributed by atoms with van der Waals surface area (Å²) in [5.74, 6) is -0.364. The van der Waals surface area contributed by atoms with Crippen molar-refractivity contribution < 1.29 is 9.59 Å². The molecule has 156 valence electrons. The van der Waals surface area contributed by atoms with Crippen LogP contribution in [0.1, 0.15) is 41.0 Å². The molecule has 3 aromatic carbocycles. The maximum Gasteiger partial charge on any atom is 0.262 e. The van der Waals surface area contributed by atoms with Crippen molar-refractivity contribution in [3.05, 3.63) is 65.7 Å². The summed E-state index contributed by atoms with van der Waals surface area (Å²) < 4.78 is 0. The van der Waals surface area contributed by atoms with Crippen molar-refractivity contribution in [1.82, 2.24) is 14.8 Å². The zero-order valence-corrected chi connectivity index (χ0v) is 17.9. The first-order chi connectivity index (χ1) is 15.1. The molecular weight excluding hydrogens is 386 g/mol. The average molecular weight is 412 g/mol. The molecule has 5 nitrogen and oxygen atoms in total. The van der Waals surface area contributed by atoms with Gasteiger partial charge in [-0.2, -0.15) is 0 Å². The molecule has 0 bridgehead atoms. The second kappa shape index (κ2) is 7.75. The highest BCUT2D eigenvalue weighted by atomic mass is 16.2. The standard InChI is InChI=1S/C26H25N3O2/c1-3-28(4-2)14-7-15-29-25(30)20-11-10-18-19(24(20)26(29)31)12-13-23-21(18)16-17-8-5-6-9-22(17)27-23/h5-6,8-13,16H,3-4,7,14-15H2,1-2H3. The molecule has 0 fully saturated rings. The van der Waals surface area contributed by atoms with E-state index in [1.807, 2.05) is 42.5 Å². The van der Waals surface area contributed by atoms with Gasteiger partial charge in [-0.25, -0.2) is 4.98 Å². The summed E-state index contributed by atoms with van der Waals surface area (Å²) in [7, 11) is 0. The highest BCUT2D eigenvalue weighted by Gasteiger charge is 2.36. The molecule has 2 heterocycles. The summed E-state index contributed by atoms with van der Waals surface area (Å²) in [5.41, 5.74) is 2.87. The van der Waals surface area contributed by atoms with E-state index < -0.39 is 0 Å². The van der Waals surface area contributed by atoms with Crippen LogP contribution in [0.3, 0.4) is 0 Å². The molecule has 1 aliphatic heterocycles. The van der Waals surface area contributed by atoms with Crippen molar-refractivity contribution in [3.8, 4) is 0 Å². The highest BCUT2D eigenvalue weighted by Crippen LogP contribution is 2.34. The number of pyridine rings is 1. The number of para-hydroxylation sites is 1. The quantitative estimate of drug-likeness (QED) is 0.258. The Morgan fingerprint density at radius 1 is 0.839 bits per heavy atom. The van der Waals surface area contributed by atoms with Crippen LogP contribution in [0, 0.1) is 0 Å². The molecule has 5 rings (SSSR count). The predicted molar refractivity (Wildman–Crippen MR) is 125 cm³/mol. The Kier molecular flexibility index (Phi) is 4.91. The van der Waals surface area contributed by atoms with Gasteiger partial charge in [-0.05, 0) is 61.1 Å². The molecule has 4 aromatic rings. The van der Waals surface area contributed by atoms with Gasteiger partial charge >= 0.3 is 0 Å². The summed E-state index contributed by atoms with van der Waals surface area (Å²) >= 11 is 0. The minimum absolute atomic E-state index is 0.182. The molecule has 0 unspecified atom stereocenters. The minimum atomic E-state index is -0.182. The number of hydrogen-bond acceptors (Lipinski definition) is 4. The molecule has 0 aliphatic carbocycles. The van der Waals surface area contributed by atoms with Crippen molar-refractivity contribution in [2.75, 3.05) is 26.2 Å². The number of fused-ring (bicyclic) bond motifs is 6. The van der Waals surface area contributed by atoms with E-state index in [0.717, 1.165) is 58.6 Å². The van der Waals surface area contributed by atoms with E-state index in [9.17, 15) is 9.59 Å². The van der Waals surface area contributed by atoms with Gasteiger partial charge in [-0.15, -0.1) is 0 Å². The van der Waals surface area contributed by atoms with Crippen LogP contribution >= 0.6 is 0 Å². The molecule has 1 aliphatic rings. The highest BCUT2D eigenvalue weighted by molar-refractivity contribution is 6.28. The third-order valence-electron chi connectivity index (χ3n) is 6.38. The van der Waals surface area contributed by atoms with Crippen LogP contribution in [0.5, 0.6) is 0 Å². The Hall–Kier alpha value is -3.31. The Labute approximate surface area is 181 Å². The van der Waals surface area contributed by atoms with E-state index in [4.69, 9.17) is 4.98 Å². The van der Waals surface area contributed by atoms with Gasteiger partial charge in [0, 0.05) is 17.3 Å². The number of imide groups is 1. The fourth-order valence-corrected chi connectivity index (χ4v) is 4.64. The molecule has 0 saturated heterocycles. The van der Waals surface area contributed by atoms with Crippen molar-refractivity contribution in [1.29, 1.82) is 0 Å². The second-order valence-corrected chi connectivity index (χ2v) is 8.04. The topological polar surface area (TPSA) is 53.5 Å². The van der Waals surface area contributed by atoms with Gasteiger partial charge in [0.15, 0.2) is 0 Å². The van der Waals surface area contributed by atoms with Crippen molar-refractivity contribution in [3.63, 3.8) is 0 Å². The number of carbonyl (C=O) groups excluding carboxylic acids is 2. The summed E-state index contributed by atoms with van der Waals surface area (Å²) in [5, 5.41) is 3.84. The van der Waals surface area contributed by atoms with Crippen molar-refractivity contribution >= 4 is 44.4 Å².